The Morgan fingerprint density at radius 1 is 1.25 bits per heavy atom. The van der Waals surface area contributed by atoms with Crippen molar-refractivity contribution >= 4 is 11.3 Å². The van der Waals surface area contributed by atoms with E-state index in [1.807, 2.05) is 17.4 Å². The molecule has 0 unspecified atom stereocenters. The fourth-order valence-corrected chi connectivity index (χ4v) is 3.58. The summed E-state index contributed by atoms with van der Waals surface area (Å²) >= 11 is 1.89. The summed E-state index contributed by atoms with van der Waals surface area (Å²) in [4.78, 5) is 4.07. The minimum atomic E-state index is 0.223. The molecule has 0 amide bonds. The molecule has 20 heavy (non-hydrogen) atoms. The van der Waals surface area contributed by atoms with Gasteiger partial charge < -0.3 is 4.74 Å². The van der Waals surface area contributed by atoms with Crippen molar-refractivity contribution in [2.45, 2.75) is 39.5 Å². The molecule has 0 saturated heterocycles. The fraction of sp³-hybridized carbons (Fsp3) is 0.412. The van der Waals surface area contributed by atoms with Crippen LogP contribution in [-0.4, -0.2) is 17.5 Å². The molecule has 0 atom stereocenters. The van der Waals surface area contributed by atoms with Crippen LogP contribution < -0.4 is 4.74 Å². The molecule has 0 radical (unpaired) electrons. The van der Waals surface area contributed by atoms with Gasteiger partial charge in [0.15, 0.2) is 0 Å². The van der Waals surface area contributed by atoms with E-state index in [1.165, 1.54) is 17.5 Å². The zero-order valence-electron chi connectivity index (χ0n) is 12.1. The number of ether oxygens (including phenoxy) is 1. The highest BCUT2D eigenvalue weighted by Crippen LogP contribution is 2.27. The third-order valence-electron chi connectivity index (χ3n) is 3.62. The van der Waals surface area contributed by atoms with Crippen LogP contribution in [0.25, 0.3) is 0 Å². The van der Waals surface area contributed by atoms with Crippen molar-refractivity contribution in [1.29, 1.82) is 0 Å². The van der Waals surface area contributed by atoms with Crippen LogP contribution in [-0.2, 0) is 19.5 Å². The molecule has 1 aromatic carbocycles. The Morgan fingerprint density at radius 2 is 2.10 bits per heavy atom. The van der Waals surface area contributed by atoms with Crippen molar-refractivity contribution < 1.29 is 4.74 Å². The largest absolute Gasteiger partial charge is 0.491 e. The van der Waals surface area contributed by atoms with Gasteiger partial charge in [-0.2, -0.15) is 0 Å². The normalized spacial score (nSPS) is 15.3. The van der Waals surface area contributed by atoms with Gasteiger partial charge in [0.25, 0.3) is 0 Å². The van der Waals surface area contributed by atoms with Crippen molar-refractivity contribution in [2.75, 3.05) is 6.54 Å². The van der Waals surface area contributed by atoms with E-state index >= 15 is 0 Å². The lowest BCUT2D eigenvalue weighted by atomic mass is 10.1. The first-order valence-corrected chi connectivity index (χ1v) is 8.12. The van der Waals surface area contributed by atoms with Gasteiger partial charge in [-0.25, -0.2) is 0 Å². The summed E-state index contributed by atoms with van der Waals surface area (Å²) in [5.41, 5.74) is 2.79. The Balaban J connectivity index is 1.72. The average Bonchev–Trinajstić information content (AvgIpc) is 2.88. The van der Waals surface area contributed by atoms with E-state index in [9.17, 15) is 0 Å². The number of hydrogen-bond donors (Lipinski definition) is 0. The molecule has 106 valence electrons. The van der Waals surface area contributed by atoms with Gasteiger partial charge in [-0.3, -0.25) is 4.90 Å². The molecule has 1 aliphatic heterocycles. The molecule has 0 fully saturated rings. The van der Waals surface area contributed by atoms with Gasteiger partial charge in [0.05, 0.1) is 6.10 Å². The molecular weight excluding hydrogens is 266 g/mol. The summed E-state index contributed by atoms with van der Waals surface area (Å²) in [6, 6.07) is 10.7. The van der Waals surface area contributed by atoms with Gasteiger partial charge in [0.1, 0.15) is 5.75 Å². The summed E-state index contributed by atoms with van der Waals surface area (Å²) in [5, 5.41) is 2.21. The Hall–Kier alpha value is -1.32. The summed E-state index contributed by atoms with van der Waals surface area (Å²) in [6.07, 6.45) is 1.40. The second kappa shape index (κ2) is 5.98. The summed E-state index contributed by atoms with van der Waals surface area (Å²) in [5.74, 6) is 1.03. The molecule has 3 rings (SSSR count). The van der Waals surface area contributed by atoms with Crippen molar-refractivity contribution in [3.05, 3.63) is 51.7 Å². The molecule has 2 nitrogen and oxygen atoms in total. The van der Waals surface area contributed by atoms with Crippen LogP contribution in [0.5, 0.6) is 5.75 Å². The topological polar surface area (TPSA) is 12.5 Å². The second-order valence-electron chi connectivity index (χ2n) is 5.60. The van der Waals surface area contributed by atoms with E-state index in [4.69, 9.17) is 4.74 Å². The predicted molar refractivity (Wildman–Crippen MR) is 84.3 cm³/mol. The zero-order valence-corrected chi connectivity index (χ0v) is 13.0. The third kappa shape index (κ3) is 3.05. The molecule has 3 heteroatoms. The maximum atomic E-state index is 5.92. The highest BCUT2D eigenvalue weighted by atomic mass is 32.1. The van der Waals surface area contributed by atoms with Crippen molar-refractivity contribution in [1.82, 2.24) is 4.90 Å². The van der Waals surface area contributed by atoms with Gasteiger partial charge in [-0.1, -0.05) is 18.2 Å². The molecule has 1 aromatic heterocycles. The third-order valence-corrected chi connectivity index (χ3v) is 4.64. The quantitative estimate of drug-likeness (QED) is 0.839. The Morgan fingerprint density at radius 3 is 2.95 bits per heavy atom. The minimum absolute atomic E-state index is 0.223. The zero-order chi connectivity index (χ0) is 13.9. The maximum absolute atomic E-state index is 5.92. The van der Waals surface area contributed by atoms with Crippen molar-refractivity contribution in [3.8, 4) is 5.75 Å². The van der Waals surface area contributed by atoms with Crippen LogP contribution >= 0.6 is 11.3 Å². The minimum Gasteiger partial charge on any atom is -0.491 e. The first-order chi connectivity index (χ1) is 9.72. The lowest BCUT2D eigenvalue weighted by molar-refractivity contribution is 0.220. The number of rotatable bonds is 4. The van der Waals surface area contributed by atoms with E-state index in [1.54, 1.807) is 4.88 Å². The standard InChI is InChI=1S/C17H21NOS/c1-13(2)19-16-6-4-3-5-14(16)11-18-9-7-17-15(12-18)8-10-20-17/h3-6,8,10,13H,7,9,11-12H2,1-2H3. The Labute approximate surface area is 125 Å². The first kappa shape index (κ1) is 13.7. The van der Waals surface area contributed by atoms with Crippen LogP contribution in [0.1, 0.15) is 29.9 Å². The SMILES string of the molecule is CC(C)Oc1ccccc1CN1CCc2sccc2C1. The van der Waals surface area contributed by atoms with Crippen LogP contribution in [0.2, 0.25) is 0 Å². The summed E-state index contributed by atoms with van der Waals surface area (Å²) < 4.78 is 5.92. The molecule has 0 spiro atoms. The number of benzene rings is 1. The van der Waals surface area contributed by atoms with Crippen molar-refractivity contribution in [3.63, 3.8) is 0 Å². The molecule has 2 heterocycles. The first-order valence-electron chi connectivity index (χ1n) is 7.24. The fourth-order valence-electron chi connectivity index (χ4n) is 2.69. The predicted octanol–water partition coefficient (Wildman–Crippen LogP) is 4.09. The van der Waals surface area contributed by atoms with Gasteiger partial charge in [-0.15, -0.1) is 11.3 Å². The van der Waals surface area contributed by atoms with E-state index in [0.29, 0.717) is 0 Å². The van der Waals surface area contributed by atoms with E-state index in [0.717, 1.165) is 25.4 Å². The summed E-state index contributed by atoms with van der Waals surface area (Å²) in [7, 11) is 0. The molecule has 0 aliphatic carbocycles. The highest BCUT2D eigenvalue weighted by molar-refractivity contribution is 7.10. The molecular formula is C17H21NOS. The van der Waals surface area contributed by atoms with Crippen LogP contribution in [0.3, 0.4) is 0 Å². The maximum Gasteiger partial charge on any atom is 0.124 e. The van der Waals surface area contributed by atoms with Gasteiger partial charge in [-0.05, 0) is 43.3 Å². The van der Waals surface area contributed by atoms with Gasteiger partial charge in [0.2, 0.25) is 0 Å². The van der Waals surface area contributed by atoms with Crippen molar-refractivity contribution in [2.24, 2.45) is 0 Å². The Kier molecular flexibility index (Phi) is 4.08. The summed E-state index contributed by atoms with van der Waals surface area (Å²) in [6.45, 7) is 7.33. The molecule has 0 N–H and O–H groups in total. The Bertz CT molecular complexity index is 576. The van der Waals surface area contributed by atoms with Gasteiger partial charge in [0, 0.05) is 30.1 Å². The number of hydrogen-bond acceptors (Lipinski definition) is 3. The van der Waals surface area contributed by atoms with Crippen LogP contribution in [0.4, 0.5) is 0 Å². The second-order valence-corrected chi connectivity index (χ2v) is 6.60. The number of thiophene rings is 1. The lowest BCUT2D eigenvalue weighted by Gasteiger charge is -2.27. The lowest BCUT2D eigenvalue weighted by Crippen LogP contribution is -2.29. The van der Waals surface area contributed by atoms with Crippen LogP contribution in [0, 0.1) is 0 Å². The molecule has 1 aliphatic rings. The average molecular weight is 287 g/mol. The van der Waals surface area contributed by atoms with Crippen LogP contribution in [0.15, 0.2) is 35.7 Å². The number of fused-ring (bicyclic) bond motifs is 1. The van der Waals surface area contributed by atoms with E-state index in [-0.39, 0.29) is 6.10 Å². The van der Waals surface area contributed by atoms with E-state index in [2.05, 4.69) is 48.4 Å². The number of para-hydroxylation sites is 1. The van der Waals surface area contributed by atoms with Gasteiger partial charge >= 0.3 is 0 Å². The molecule has 0 bridgehead atoms. The monoisotopic (exact) mass is 287 g/mol. The highest BCUT2D eigenvalue weighted by Gasteiger charge is 2.18. The number of nitrogens with zero attached hydrogens (tertiary/aromatic N) is 1. The smallest absolute Gasteiger partial charge is 0.124 e. The molecule has 2 aromatic rings. The molecule has 0 saturated carbocycles. The van der Waals surface area contributed by atoms with E-state index < -0.39 is 0 Å².